The molecule has 1 heterocycles. The molecule has 0 atom stereocenters. The van der Waals surface area contributed by atoms with E-state index in [9.17, 15) is 0 Å². The number of nitrogens with zero attached hydrogens (tertiary/aromatic N) is 1. The van der Waals surface area contributed by atoms with Crippen LogP contribution in [0.1, 0.15) is 45.2 Å². The molecule has 1 N–H and O–H groups in total. The van der Waals surface area contributed by atoms with E-state index in [2.05, 4.69) is 72.0 Å². The van der Waals surface area contributed by atoms with Crippen molar-refractivity contribution in [2.75, 3.05) is 13.1 Å². The summed E-state index contributed by atoms with van der Waals surface area (Å²) >= 11 is 3.74. The van der Waals surface area contributed by atoms with Gasteiger partial charge in [-0.15, -0.1) is 0 Å². The summed E-state index contributed by atoms with van der Waals surface area (Å²) in [6.45, 7) is 13.5. The van der Waals surface area contributed by atoms with Gasteiger partial charge in [-0.3, -0.25) is 4.90 Å². The summed E-state index contributed by atoms with van der Waals surface area (Å²) in [6.07, 6.45) is 1.31. The highest BCUT2D eigenvalue weighted by Crippen LogP contribution is 2.31. The average Bonchev–Trinajstić information content (AvgIpc) is 2.69. The molecule has 1 aliphatic heterocycles. The molecular formula is C17H27BrN2. The smallest absolute Gasteiger partial charge is 0.0245 e. The Hall–Kier alpha value is -0.380. The van der Waals surface area contributed by atoms with E-state index in [-0.39, 0.29) is 0 Å². The quantitative estimate of drug-likeness (QED) is 0.866. The van der Waals surface area contributed by atoms with Gasteiger partial charge in [0.05, 0.1) is 0 Å². The summed E-state index contributed by atoms with van der Waals surface area (Å²) in [5.41, 5.74) is 3.22. The lowest BCUT2D eigenvalue weighted by Gasteiger charge is -2.20. The van der Waals surface area contributed by atoms with E-state index < -0.39 is 0 Å². The molecule has 2 nitrogen and oxygen atoms in total. The van der Waals surface area contributed by atoms with Gasteiger partial charge in [0.25, 0.3) is 0 Å². The fourth-order valence-corrected chi connectivity index (χ4v) is 3.30. The van der Waals surface area contributed by atoms with E-state index in [4.69, 9.17) is 0 Å². The standard InChI is InChI=1S/C17H27BrN2/c1-13(2)19-10-14-5-6-15(16(18)9-14)11-20-8-7-17(3,4)12-20/h5-6,9,13,19H,7-8,10-12H2,1-4H3. The Kier molecular flexibility index (Phi) is 5.27. The average molecular weight is 339 g/mol. The molecule has 0 aliphatic carbocycles. The number of hydrogen-bond donors (Lipinski definition) is 1. The summed E-state index contributed by atoms with van der Waals surface area (Å²) in [5.74, 6) is 0. The van der Waals surface area contributed by atoms with Crippen LogP contribution in [0.4, 0.5) is 0 Å². The first-order valence-corrected chi connectivity index (χ1v) is 8.38. The predicted octanol–water partition coefficient (Wildman–Crippen LogP) is 4.18. The van der Waals surface area contributed by atoms with Gasteiger partial charge in [0, 0.05) is 30.1 Å². The van der Waals surface area contributed by atoms with Crippen molar-refractivity contribution in [2.45, 2.75) is 53.2 Å². The molecule has 1 aliphatic rings. The fraction of sp³-hybridized carbons (Fsp3) is 0.647. The zero-order valence-electron chi connectivity index (χ0n) is 13.2. The van der Waals surface area contributed by atoms with Gasteiger partial charge in [-0.1, -0.05) is 55.8 Å². The maximum absolute atomic E-state index is 3.74. The Morgan fingerprint density at radius 3 is 2.65 bits per heavy atom. The summed E-state index contributed by atoms with van der Waals surface area (Å²) < 4.78 is 1.24. The second-order valence-electron chi connectivity index (χ2n) is 7.09. The third-order valence-corrected chi connectivity index (χ3v) is 4.72. The first kappa shape index (κ1) is 16.0. The number of likely N-dealkylation sites (tertiary alicyclic amines) is 1. The molecule has 0 bridgehead atoms. The van der Waals surface area contributed by atoms with Crippen LogP contribution < -0.4 is 5.32 Å². The molecule has 3 heteroatoms. The van der Waals surface area contributed by atoms with Gasteiger partial charge < -0.3 is 5.32 Å². The first-order valence-electron chi connectivity index (χ1n) is 7.59. The van der Waals surface area contributed by atoms with Gasteiger partial charge >= 0.3 is 0 Å². The van der Waals surface area contributed by atoms with Gasteiger partial charge in [-0.25, -0.2) is 0 Å². The van der Waals surface area contributed by atoms with Gasteiger partial charge in [0.15, 0.2) is 0 Å². The van der Waals surface area contributed by atoms with Crippen LogP contribution in [0.5, 0.6) is 0 Å². The van der Waals surface area contributed by atoms with Gasteiger partial charge in [0.1, 0.15) is 0 Å². The summed E-state index contributed by atoms with van der Waals surface area (Å²) in [6, 6.07) is 7.30. The molecule has 0 saturated carbocycles. The van der Waals surface area contributed by atoms with Crippen molar-refractivity contribution >= 4 is 15.9 Å². The molecule has 112 valence electrons. The van der Waals surface area contributed by atoms with E-state index in [1.165, 1.54) is 35.1 Å². The Bertz CT molecular complexity index is 454. The van der Waals surface area contributed by atoms with Crippen LogP contribution in [0.15, 0.2) is 22.7 Å². The van der Waals surface area contributed by atoms with Crippen LogP contribution in [-0.2, 0) is 13.1 Å². The van der Waals surface area contributed by atoms with Crippen molar-refractivity contribution in [1.29, 1.82) is 0 Å². The third-order valence-electron chi connectivity index (χ3n) is 3.98. The van der Waals surface area contributed by atoms with E-state index >= 15 is 0 Å². The second-order valence-corrected chi connectivity index (χ2v) is 7.94. The van der Waals surface area contributed by atoms with E-state index in [1.54, 1.807) is 0 Å². The van der Waals surface area contributed by atoms with E-state index in [0.29, 0.717) is 11.5 Å². The highest BCUT2D eigenvalue weighted by Gasteiger charge is 2.29. The number of rotatable bonds is 5. The van der Waals surface area contributed by atoms with Gasteiger partial charge in [-0.2, -0.15) is 0 Å². The molecule has 0 unspecified atom stereocenters. The summed E-state index contributed by atoms with van der Waals surface area (Å²) in [5, 5.41) is 3.46. The van der Waals surface area contributed by atoms with Crippen LogP contribution in [-0.4, -0.2) is 24.0 Å². The zero-order valence-corrected chi connectivity index (χ0v) is 14.8. The van der Waals surface area contributed by atoms with E-state index in [1.807, 2.05) is 0 Å². The highest BCUT2D eigenvalue weighted by atomic mass is 79.9. The van der Waals surface area contributed by atoms with Crippen molar-refractivity contribution in [1.82, 2.24) is 10.2 Å². The Morgan fingerprint density at radius 1 is 1.35 bits per heavy atom. The fourth-order valence-electron chi connectivity index (χ4n) is 2.75. The second kappa shape index (κ2) is 6.59. The van der Waals surface area contributed by atoms with Crippen molar-refractivity contribution in [2.24, 2.45) is 5.41 Å². The lowest BCUT2D eigenvalue weighted by molar-refractivity contribution is 0.284. The molecule has 2 rings (SSSR count). The van der Waals surface area contributed by atoms with Crippen LogP contribution in [0.25, 0.3) is 0 Å². The Labute approximate surface area is 132 Å². The van der Waals surface area contributed by atoms with Crippen molar-refractivity contribution in [3.63, 3.8) is 0 Å². The van der Waals surface area contributed by atoms with Crippen LogP contribution in [0.2, 0.25) is 0 Å². The van der Waals surface area contributed by atoms with Gasteiger partial charge in [0.2, 0.25) is 0 Å². The lowest BCUT2D eigenvalue weighted by atomic mass is 9.93. The summed E-state index contributed by atoms with van der Waals surface area (Å²) in [7, 11) is 0. The van der Waals surface area contributed by atoms with Gasteiger partial charge in [-0.05, 0) is 35.6 Å². The van der Waals surface area contributed by atoms with Crippen molar-refractivity contribution < 1.29 is 0 Å². The number of benzene rings is 1. The monoisotopic (exact) mass is 338 g/mol. The highest BCUT2D eigenvalue weighted by molar-refractivity contribution is 9.10. The Morgan fingerprint density at radius 2 is 2.10 bits per heavy atom. The maximum Gasteiger partial charge on any atom is 0.0245 e. The molecular weight excluding hydrogens is 312 g/mol. The SMILES string of the molecule is CC(C)NCc1ccc(CN2CCC(C)(C)C2)c(Br)c1. The molecule has 0 radical (unpaired) electrons. The normalized spacial score (nSPS) is 18.9. The molecule has 1 aromatic carbocycles. The zero-order chi connectivity index (χ0) is 14.8. The number of halogens is 1. The largest absolute Gasteiger partial charge is 0.310 e. The minimum atomic E-state index is 0.480. The van der Waals surface area contributed by atoms with Crippen LogP contribution in [0.3, 0.4) is 0 Å². The number of nitrogens with one attached hydrogen (secondary N) is 1. The maximum atomic E-state index is 3.74. The number of hydrogen-bond acceptors (Lipinski definition) is 2. The topological polar surface area (TPSA) is 15.3 Å². The van der Waals surface area contributed by atoms with Crippen LogP contribution >= 0.6 is 15.9 Å². The van der Waals surface area contributed by atoms with Crippen molar-refractivity contribution in [3.8, 4) is 0 Å². The minimum Gasteiger partial charge on any atom is -0.310 e. The van der Waals surface area contributed by atoms with Crippen molar-refractivity contribution in [3.05, 3.63) is 33.8 Å². The molecule has 1 saturated heterocycles. The lowest BCUT2D eigenvalue weighted by Crippen LogP contribution is -2.23. The molecule has 0 aromatic heterocycles. The van der Waals surface area contributed by atoms with Crippen LogP contribution in [0, 0.1) is 5.41 Å². The third kappa shape index (κ3) is 4.57. The molecule has 1 fully saturated rings. The Balaban J connectivity index is 1.96. The molecule has 0 amide bonds. The minimum absolute atomic E-state index is 0.480. The molecule has 0 spiro atoms. The molecule has 20 heavy (non-hydrogen) atoms. The molecule has 1 aromatic rings. The first-order chi connectivity index (χ1) is 9.35. The van der Waals surface area contributed by atoms with E-state index in [0.717, 1.165) is 13.1 Å². The predicted molar refractivity (Wildman–Crippen MR) is 89.8 cm³/mol. The summed E-state index contributed by atoms with van der Waals surface area (Å²) in [4.78, 5) is 2.56.